The largest absolute Gasteiger partial charge is 0.497 e. The predicted molar refractivity (Wildman–Crippen MR) is 68.9 cm³/mol. The molecule has 0 amide bonds. The molecule has 1 atom stereocenters. The smallest absolute Gasteiger partial charge is 0.241 e. The van der Waals surface area contributed by atoms with Gasteiger partial charge in [0, 0.05) is 25.2 Å². The molecule has 7 heteroatoms. The quantitative estimate of drug-likeness (QED) is 0.814. The van der Waals surface area contributed by atoms with Crippen molar-refractivity contribution in [3.05, 3.63) is 24.3 Å². The third kappa shape index (κ3) is 3.16. The molecule has 1 heterocycles. The Hall–Kier alpha value is -1.78. The first-order valence-electron chi connectivity index (χ1n) is 5.86. The minimum atomic E-state index is -3.57. The van der Waals surface area contributed by atoms with Crippen molar-refractivity contribution in [1.82, 2.24) is 9.62 Å². The topological polar surface area (TPSA) is 82.4 Å². The van der Waals surface area contributed by atoms with E-state index in [-0.39, 0.29) is 10.9 Å². The lowest BCUT2D eigenvalue weighted by molar-refractivity contribution is 0.413. The molecule has 1 aromatic rings. The van der Waals surface area contributed by atoms with Gasteiger partial charge in [0.05, 0.1) is 12.0 Å². The van der Waals surface area contributed by atoms with Gasteiger partial charge >= 0.3 is 0 Å². The molecular formula is C12H15N3O3S. The van der Waals surface area contributed by atoms with E-state index in [0.717, 1.165) is 0 Å². The maximum Gasteiger partial charge on any atom is 0.241 e. The van der Waals surface area contributed by atoms with Crippen LogP contribution in [0, 0.1) is 11.5 Å². The molecule has 0 aliphatic carbocycles. The number of rotatable bonds is 4. The van der Waals surface area contributed by atoms with Crippen LogP contribution < -0.4 is 9.46 Å². The highest BCUT2D eigenvalue weighted by Crippen LogP contribution is 2.18. The summed E-state index contributed by atoms with van der Waals surface area (Å²) in [5.74, 6) is 0.493. The van der Waals surface area contributed by atoms with Gasteiger partial charge in [-0.05, 0) is 18.6 Å². The maximum absolute atomic E-state index is 12.2. The van der Waals surface area contributed by atoms with Crippen LogP contribution in [0.25, 0.3) is 0 Å². The Morgan fingerprint density at radius 1 is 1.53 bits per heavy atom. The predicted octanol–water partition coefficient (Wildman–Crippen LogP) is 0.529. The zero-order chi connectivity index (χ0) is 13.9. The van der Waals surface area contributed by atoms with Gasteiger partial charge in [-0.2, -0.15) is 5.26 Å². The number of hydrogen-bond donors (Lipinski definition) is 1. The minimum Gasteiger partial charge on any atom is -0.497 e. The first-order valence-corrected chi connectivity index (χ1v) is 7.34. The Balaban J connectivity index is 2.12. The molecule has 0 spiro atoms. The third-order valence-corrected chi connectivity index (χ3v) is 4.52. The Labute approximate surface area is 112 Å². The highest BCUT2D eigenvalue weighted by molar-refractivity contribution is 7.89. The summed E-state index contributed by atoms with van der Waals surface area (Å²) in [6.45, 7) is 1.00. The van der Waals surface area contributed by atoms with Gasteiger partial charge in [-0.1, -0.05) is 6.07 Å². The van der Waals surface area contributed by atoms with Crippen molar-refractivity contribution < 1.29 is 13.2 Å². The molecule has 1 fully saturated rings. The molecule has 102 valence electrons. The molecule has 1 aliphatic heterocycles. The van der Waals surface area contributed by atoms with Crippen molar-refractivity contribution in [2.75, 3.05) is 20.2 Å². The summed E-state index contributed by atoms with van der Waals surface area (Å²) >= 11 is 0. The maximum atomic E-state index is 12.2. The Kier molecular flexibility index (Phi) is 3.93. The third-order valence-electron chi connectivity index (χ3n) is 3.00. The number of ether oxygens (including phenoxy) is 1. The molecule has 0 bridgehead atoms. The van der Waals surface area contributed by atoms with Gasteiger partial charge in [0.25, 0.3) is 0 Å². The van der Waals surface area contributed by atoms with Crippen molar-refractivity contribution in [2.45, 2.75) is 17.4 Å². The zero-order valence-electron chi connectivity index (χ0n) is 10.5. The van der Waals surface area contributed by atoms with E-state index >= 15 is 0 Å². The van der Waals surface area contributed by atoms with Crippen LogP contribution in [0.1, 0.15) is 6.42 Å². The molecule has 0 saturated carbocycles. The molecule has 0 aromatic heterocycles. The van der Waals surface area contributed by atoms with E-state index in [2.05, 4.69) is 4.72 Å². The van der Waals surface area contributed by atoms with Gasteiger partial charge in [0.1, 0.15) is 5.75 Å². The molecule has 6 nitrogen and oxygen atoms in total. The van der Waals surface area contributed by atoms with Gasteiger partial charge in [-0.15, -0.1) is 0 Å². The van der Waals surface area contributed by atoms with Crippen LogP contribution >= 0.6 is 0 Å². The fourth-order valence-electron chi connectivity index (χ4n) is 2.00. The molecule has 1 saturated heterocycles. The van der Waals surface area contributed by atoms with Gasteiger partial charge in [-0.3, -0.25) is 0 Å². The first kappa shape index (κ1) is 13.6. The van der Waals surface area contributed by atoms with Crippen LogP contribution in [-0.2, 0) is 10.0 Å². The summed E-state index contributed by atoms with van der Waals surface area (Å²) in [5.41, 5.74) is 0. The van der Waals surface area contributed by atoms with Crippen LogP contribution in [0.3, 0.4) is 0 Å². The lowest BCUT2D eigenvalue weighted by atomic mass is 10.3. The molecule has 19 heavy (non-hydrogen) atoms. The number of sulfonamides is 1. The minimum absolute atomic E-state index is 0.169. The van der Waals surface area contributed by atoms with Gasteiger partial charge in [0.15, 0.2) is 6.19 Å². The number of hydrogen-bond acceptors (Lipinski definition) is 5. The monoisotopic (exact) mass is 281 g/mol. The van der Waals surface area contributed by atoms with Gasteiger partial charge in [-0.25, -0.2) is 13.1 Å². The molecule has 1 N–H and O–H groups in total. The second-order valence-electron chi connectivity index (χ2n) is 4.33. The second-order valence-corrected chi connectivity index (χ2v) is 6.05. The average molecular weight is 281 g/mol. The lowest BCUT2D eigenvalue weighted by Gasteiger charge is -2.13. The Morgan fingerprint density at radius 3 is 2.95 bits per heavy atom. The van der Waals surface area contributed by atoms with E-state index in [1.807, 2.05) is 6.19 Å². The summed E-state index contributed by atoms with van der Waals surface area (Å²) < 4.78 is 32.0. The Morgan fingerprint density at radius 2 is 2.32 bits per heavy atom. The molecule has 0 radical (unpaired) electrons. The summed E-state index contributed by atoms with van der Waals surface area (Å²) in [6.07, 6.45) is 2.65. The fourth-order valence-corrected chi connectivity index (χ4v) is 3.30. The van der Waals surface area contributed by atoms with Crippen LogP contribution in [0.4, 0.5) is 0 Å². The number of nitrogens with one attached hydrogen (secondary N) is 1. The van der Waals surface area contributed by atoms with E-state index in [1.165, 1.54) is 19.2 Å². The van der Waals surface area contributed by atoms with Crippen LogP contribution in [0.15, 0.2) is 29.2 Å². The molecule has 1 aliphatic rings. The number of nitrogens with zero attached hydrogens (tertiary/aromatic N) is 2. The highest BCUT2D eigenvalue weighted by atomic mass is 32.2. The highest BCUT2D eigenvalue weighted by Gasteiger charge is 2.26. The van der Waals surface area contributed by atoms with E-state index in [0.29, 0.717) is 25.3 Å². The number of methoxy groups -OCH3 is 1. The summed E-state index contributed by atoms with van der Waals surface area (Å²) in [5, 5.41) is 8.75. The summed E-state index contributed by atoms with van der Waals surface area (Å²) in [6, 6.07) is 6.08. The van der Waals surface area contributed by atoms with Crippen molar-refractivity contribution in [1.29, 1.82) is 5.26 Å². The van der Waals surface area contributed by atoms with Gasteiger partial charge in [0.2, 0.25) is 10.0 Å². The summed E-state index contributed by atoms with van der Waals surface area (Å²) in [7, 11) is -2.09. The standard InChI is InChI=1S/C12H15N3O3S/c1-18-11-3-2-4-12(7-11)19(16,17)14-10-5-6-15(8-10)9-13/h2-4,7,10,14H,5-6,8H2,1H3/t10-/m1/s1. The molecule has 1 aromatic carbocycles. The molecule has 2 rings (SSSR count). The second kappa shape index (κ2) is 5.47. The SMILES string of the molecule is COc1cccc(S(=O)(=O)N[C@@H]2CCN(C#N)C2)c1. The lowest BCUT2D eigenvalue weighted by Crippen LogP contribution is -2.36. The summed E-state index contributed by atoms with van der Waals surface area (Å²) in [4.78, 5) is 1.71. The number of benzene rings is 1. The number of nitriles is 1. The van der Waals surface area contributed by atoms with Crippen LogP contribution in [0.5, 0.6) is 5.75 Å². The van der Waals surface area contributed by atoms with Gasteiger partial charge < -0.3 is 9.64 Å². The molecule has 0 unspecified atom stereocenters. The fraction of sp³-hybridized carbons (Fsp3) is 0.417. The van der Waals surface area contributed by atoms with Crippen LogP contribution in [-0.4, -0.2) is 39.6 Å². The van der Waals surface area contributed by atoms with E-state index in [9.17, 15) is 8.42 Å². The van der Waals surface area contributed by atoms with E-state index in [1.54, 1.807) is 17.0 Å². The van der Waals surface area contributed by atoms with Crippen molar-refractivity contribution in [2.24, 2.45) is 0 Å². The number of likely N-dealkylation sites (tertiary alicyclic amines) is 1. The van der Waals surface area contributed by atoms with Crippen molar-refractivity contribution in [3.63, 3.8) is 0 Å². The first-order chi connectivity index (χ1) is 9.05. The van der Waals surface area contributed by atoms with E-state index in [4.69, 9.17) is 10.00 Å². The van der Waals surface area contributed by atoms with E-state index < -0.39 is 10.0 Å². The zero-order valence-corrected chi connectivity index (χ0v) is 11.4. The normalized spacial score (nSPS) is 19.2. The Bertz CT molecular complexity index is 594. The molecular weight excluding hydrogens is 266 g/mol. The average Bonchev–Trinajstić information content (AvgIpc) is 2.85. The van der Waals surface area contributed by atoms with Crippen molar-refractivity contribution >= 4 is 10.0 Å². The van der Waals surface area contributed by atoms with Crippen LogP contribution in [0.2, 0.25) is 0 Å². The van der Waals surface area contributed by atoms with Crippen molar-refractivity contribution in [3.8, 4) is 11.9 Å².